The van der Waals surface area contributed by atoms with Gasteiger partial charge in [-0.3, -0.25) is 4.79 Å². The molecular formula is C19H26N6O. The van der Waals surface area contributed by atoms with Crippen LogP contribution in [0.25, 0.3) is 0 Å². The fourth-order valence-corrected chi connectivity index (χ4v) is 2.93. The Morgan fingerprint density at radius 2 is 1.92 bits per heavy atom. The van der Waals surface area contributed by atoms with Crippen LogP contribution in [0.1, 0.15) is 10.4 Å². The molecule has 0 aromatic carbocycles. The van der Waals surface area contributed by atoms with Crippen molar-refractivity contribution in [3.8, 4) is 0 Å². The highest BCUT2D eigenvalue weighted by Crippen LogP contribution is 2.15. The lowest BCUT2D eigenvalue weighted by Gasteiger charge is -2.35. The summed E-state index contributed by atoms with van der Waals surface area (Å²) in [7, 11) is 4.05. The minimum Gasteiger partial charge on any atom is -0.369 e. The van der Waals surface area contributed by atoms with E-state index in [1.807, 2.05) is 43.3 Å². The monoisotopic (exact) mass is 354 g/mol. The molecule has 1 aliphatic heterocycles. The van der Waals surface area contributed by atoms with Crippen LogP contribution in [0.2, 0.25) is 0 Å². The van der Waals surface area contributed by atoms with Gasteiger partial charge in [-0.1, -0.05) is 6.07 Å². The second kappa shape index (κ2) is 8.62. The summed E-state index contributed by atoms with van der Waals surface area (Å²) in [5.41, 5.74) is 0.679. The van der Waals surface area contributed by atoms with Gasteiger partial charge in [0, 0.05) is 57.2 Å². The number of carbonyl (C=O) groups excluding carboxylic acids is 1. The van der Waals surface area contributed by atoms with Crippen LogP contribution in [-0.4, -0.2) is 79.0 Å². The highest BCUT2D eigenvalue weighted by atomic mass is 16.2. The van der Waals surface area contributed by atoms with Gasteiger partial charge in [-0.05, 0) is 38.4 Å². The van der Waals surface area contributed by atoms with E-state index in [1.165, 1.54) is 0 Å². The van der Waals surface area contributed by atoms with Crippen LogP contribution in [0.4, 0.5) is 11.6 Å². The number of pyridine rings is 2. The second-order valence-electron chi connectivity index (χ2n) is 6.63. The van der Waals surface area contributed by atoms with Crippen molar-refractivity contribution in [3.63, 3.8) is 0 Å². The molecular weight excluding hydrogens is 328 g/mol. The van der Waals surface area contributed by atoms with Crippen molar-refractivity contribution in [2.45, 2.75) is 0 Å². The van der Waals surface area contributed by atoms with E-state index in [0.717, 1.165) is 37.8 Å². The predicted octanol–water partition coefficient (Wildman–Crippen LogP) is 1.41. The van der Waals surface area contributed by atoms with Crippen LogP contribution in [0.5, 0.6) is 0 Å². The molecule has 2 aromatic rings. The molecule has 0 saturated carbocycles. The highest BCUT2D eigenvalue weighted by Gasteiger charge is 2.23. The molecule has 0 unspecified atom stereocenters. The zero-order valence-electron chi connectivity index (χ0n) is 15.4. The zero-order valence-corrected chi connectivity index (χ0v) is 15.4. The number of anilines is 2. The van der Waals surface area contributed by atoms with Crippen LogP contribution < -0.4 is 10.2 Å². The van der Waals surface area contributed by atoms with Crippen molar-refractivity contribution in [3.05, 3.63) is 48.3 Å². The summed E-state index contributed by atoms with van der Waals surface area (Å²) in [6, 6.07) is 9.53. The minimum absolute atomic E-state index is 0.0590. The Balaban J connectivity index is 1.56. The van der Waals surface area contributed by atoms with Gasteiger partial charge in [0.05, 0.1) is 0 Å². The molecule has 0 radical (unpaired) electrons. The van der Waals surface area contributed by atoms with Gasteiger partial charge in [-0.25, -0.2) is 9.97 Å². The van der Waals surface area contributed by atoms with Crippen molar-refractivity contribution in [1.29, 1.82) is 0 Å². The van der Waals surface area contributed by atoms with Crippen molar-refractivity contribution in [2.75, 3.05) is 63.6 Å². The molecule has 138 valence electrons. The lowest BCUT2D eigenvalue weighted by molar-refractivity contribution is 0.0746. The number of nitrogens with zero attached hydrogens (tertiary/aromatic N) is 5. The zero-order chi connectivity index (χ0) is 18.4. The van der Waals surface area contributed by atoms with Gasteiger partial charge < -0.3 is 20.0 Å². The van der Waals surface area contributed by atoms with Gasteiger partial charge in [0.2, 0.25) is 0 Å². The van der Waals surface area contributed by atoms with Gasteiger partial charge in [-0.15, -0.1) is 0 Å². The maximum absolute atomic E-state index is 12.8. The molecule has 0 aliphatic carbocycles. The van der Waals surface area contributed by atoms with Crippen LogP contribution in [0.15, 0.2) is 42.7 Å². The molecule has 3 rings (SSSR count). The topological polar surface area (TPSA) is 64.6 Å². The second-order valence-corrected chi connectivity index (χ2v) is 6.63. The number of carbonyl (C=O) groups is 1. The first-order valence-electron chi connectivity index (χ1n) is 8.93. The van der Waals surface area contributed by atoms with E-state index in [0.29, 0.717) is 18.7 Å². The van der Waals surface area contributed by atoms with E-state index in [9.17, 15) is 4.79 Å². The van der Waals surface area contributed by atoms with E-state index in [2.05, 4.69) is 25.1 Å². The lowest BCUT2D eigenvalue weighted by Crippen LogP contribution is -2.49. The van der Waals surface area contributed by atoms with Gasteiger partial charge in [0.1, 0.15) is 11.6 Å². The smallest absolute Gasteiger partial charge is 0.254 e. The Bertz CT molecular complexity index is 713. The van der Waals surface area contributed by atoms with Crippen molar-refractivity contribution in [2.24, 2.45) is 0 Å². The Kier molecular flexibility index (Phi) is 6.01. The maximum atomic E-state index is 12.8. The molecule has 1 aliphatic rings. The Labute approximate surface area is 154 Å². The van der Waals surface area contributed by atoms with E-state index >= 15 is 0 Å². The Morgan fingerprint density at radius 1 is 1.12 bits per heavy atom. The summed E-state index contributed by atoms with van der Waals surface area (Å²) in [6.45, 7) is 4.68. The fraction of sp³-hybridized carbons (Fsp3) is 0.421. The number of amides is 1. The third-order valence-corrected chi connectivity index (χ3v) is 4.41. The third kappa shape index (κ3) is 4.70. The lowest BCUT2D eigenvalue weighted by atomic mass is 10.2. The average Bonchev–Trinajstić information content (AvgIpc) is 2.68. The first-order chi connectivity index (χ1) is 12.6. The van der Waals surface area contributed by atoms with Gasteiger partial charge in [0.15, 0.2) is 0 Å². The maximum Gasteiger partial charge on any atom is 0.254 e. The number of hydrogen-bond donors (Lipinski definition) is 1. The Hall–Kier alpha value is -2.67. The standard InChI is InChI=1S/C19H26N6O/c1-23(2)10-9-21-17-15-16(6-8-20-17)19(26)25-13-11-24(12-14-25)18-5-3-4-7-22-18/h3-8,15H,9-14H2,1-2H3,(H,20,21). The molecule has 1 saturated heterocycles. The van der Waals surface area contributed by atoms with Crippen molar-refractivity contribution >= 4 is 17.5 Å². The summed E-state index contributed by atoms with van der Waals surface area (Å²) in [5, 5.41) is 3.26. The molecule has 3 heterocycles. The van der Waals surface area contributed by atoms with Gasteiger partial charge in [-0.2, -0.15) is 0 Å². The van der Waals surface area contributed by atoms with Gasteiger partial charge >= 0.3 is 0 Å². The molecule has 2 aromatic heterocycles. The van der Waals surface area contributed by atoms with Gasteiger partial charge in [0.25, 0.3) is 5.91 Å². The summed E-state index contributed by atoms with van der Waals surface area (Å²) in [4.78, 5) is 27.7. The van der Waals surface area contributed by atoms with Crippen LogP contribution in [-0.2, 0) is 0 Å². The predicted molar refractivity (Wildman–Crippen MR) is 104 cm³/mol. The summed E-state index contributed by atoms with van der Waals surface area (Å²) in [5.74, 6) is 1.77. The van der Waals surface area contributed by atoms with E-state index in [-0.39, 0.29) is 5.91 Å². The summed E-state index contributed by atoms with van der Waals surface area (Å²) < 4.78 is 0. The third-order valence-electron chi connectivity index (χ3n) is 4.41. The number of hydrogen-bond acceptors (Lipinski definition) is 6. The fourth-order valence-electron chi connectivity index (χ4n) is 2.93. The number of aromatic nitrogens is 2. The van der Waals surface area contributed by atoms with Crippen LogP contribution in [0, 0.1) is 0 Å². The molecule has 1 fully saturated rings. The summed E-state index contributed by atoms with van der Waals surface area (Å²) in [6.07, 6.45) is 3.49. The SMILES string of the molecule is CN(C)CCNc1cc(C(=O)N2CCN(c3ccccn3)CC2)ccn1. The Morgan fingerprint density at radius 3 is 2.62 bits per heavy atom. The number of nitrogens with one attached hydrogen (secondary N) is 1. The average molecular weight is 354 g/mol. The van der Waals surface area contributed by atoms with Crippen LogP contribution in [0.3, 0.4) is 0 Å². The quantitative estimate of drug-likeness (QED) is 0.846. The number of likely N-dealkylation sites (N-methyl/N-ethyl adjacent to an activating group) is 1. The van der Waals surface area contributed by atoms with Crippen molar-refractivity contribution in [1.82, 2.24) is 19.8 Å². The van der Waals surface area contributed by atoms with Crippen molar-refractivity contribution < 1.29 is 4.79 Å². The molecule has 0 bridgehead atoms. The largest absolute Gasteiger partial charge is 0.369 e. The molecule has 26 heavy (non-hydrogen) atoms. The highest BCUT2D eigenvalue weighted by molar-refractivity contribution is 5.95. The van der Waals surface area contributed by atoms with E-state index in [4.69, 9.17) is 0 Å². The first kappa shape index (κ1) is 18.1. The molecule has 7 nitrogen and oxygen atoms in total. The molecule has 0 atom stereocenters. The molecule has 1 amide bonds. The number of piperazine rings is 1. The molecule has 7 heteroatoms. The first-order valence-corrected chi connectivity index (χ1v) is 8.93. The summed E-state index contributed by atoms with van der Waals surface area (Å²) >= 11 is 0. The molecule has 0 spiro atoms. The minimum atomic E-state index is 0.0590. The number of rotatable bonds is 6. The van der Waals surface area contributed by atoms with Crippen LogP contribution >= 0.6 is 0 Å². The normalized spacial score (nSPS) is 14.6. The molecule has 1 N–H and O–H groups in total. The van der Waals surface area contributed by atoms with E-state index in [1.54, 1.807) is 18.5 Å². The van der Waals surface area contributed by atoms with E-state index < -0.39 is 0 Å².